The van der Waals surface area contributed by atoms with Gasteiger partial charge < -0.3 is 0 Å². The molecule has 0 aromatic rings. The van der Waals surface area contributed by atoms with E-state index in [9.17, 15) is 17.6 Å². The van der Waals surface area contributed by atoms with E-state index in [0.717, 1.165) is 0 Å². The summed E-state index contributed by atoms with van der Waals surface area (Å²) in [6, 6.07) is 0. The molecule has 0 aliphatic heterocycles. The third kappa shape index (κ3) is 2.68. The van der Waals surface area contributed by atoms with Gasteiger partial charge in [-0.2, -0.15) is 0 Å². The Morgan fingerprint density at radius 3 is 1.90 bits per heavy atom. The molecule has 0 fully saturated rings. The lowest BCUT2D eigenvalue weighted by Gasteiger charge is -2.12. The van der Waals surface area contributed by atoms with E-state index in [1.54, 1.807) is 0 Å². The highest BCUT2D eigenvalue weighted by atomic mass is 79.9. The van der Waals surface area contributed by atoms with Gasteiger partial charge in [0.1, 0.15) is 0 Å². The molecular formula is C5H5BrF4. The van der Waals surface area contributed by atoms with Crippen LogP contribution in [-0.4, -0.2) is 12.3 Å². The quantitative estimate of drug-likeness (QED) is 0.628. The van der Waals surface area contributed by atoms with Gasteiger partial charge >= 0.3 is 0 Å². The lowest BCUT2D eigenvalue weighted by Crippen LogP contribution is -2.19. The summed E-state index contributed by atoms with van der Waals surface area (Å²) in [5.74, 6) is -3.45. The first-order valence-electron chi connectivity index (χ1n) is 2.36. The molecule has 0 amide bonds. The number of alkyl halides is 4. The number of rotatable bonds is 2. The first-order chi connectivity index (χ1) is 4.39. The molecule has 0 bridgehead atoms. The van der Waals surface area contributed by atoms with Gasteiger partial charge in [-0.25, -0.2) is 17.6 Å². The third-order valence-corrected chi connectivity index (χ3v) is 1.35. The van der Waals surface area contributed by atoms with Gasteiger partial charge in [-0.3, -0.25) is 0 Å². The van der Waals surface area contributed by atoms with Crippen LogP contribution in [0, 0.1) is 0 Å². The number of hydrogen-bond acceptors (Lipinski definition) is 0. The summed E-state index contributed by atoms with van der Waals surface area (Å²) in [5, 5.41) is 0. The summed E-state index contributed by atoms with van der Waals surface area (Å²) < 4.78 is 47.4. The van der Waals surface area contributed by atoms with Crippen LogP contribution >= 0.6 is 15.9 Å². The second-order valence-electron chi connectivity index (χ2n) is 1.75. The monoisotopic (exact) mass is 220 g/mol. The van der Waals surface area contributed by atoms with Crippen LogP contribution in [0.1, 0.15) is 6.92 Å². The molecule has 0 spiro atoms. The Hall–Kier alpha value is -0.0600. The van der Waals surface area contributed by atoms with Crippen molar-refractivity contribution in [1.82, 2.24) is 0 Å². The molecule has 0 unspecified atom stereocenters. The molecule has 0 aromatic carbocycles. The first kappa shape index (κ1) is 9.94. The van der Waals surface area contributed by atoms with Crippen molar-refractivity contribution in [2.24, 2.45) is 0 Å². The highest BCUT2D eigenvalue weighted by Crippen LogP contribution is 2.28. The van der Waals surface area contributed by atoms with E-state index in [1.165, 1.54) is 0 Å². The summed E-state index contributed by atoms with van der Waals surface area (Å²) in [7, 11) is 0. The van der Waals surface area contributed by atoms with Crippen molar-refractivity contribution in [3.05, 3.63) is 10.6 Å². The molecule has 60 valence electrons. The Balaban J connectivity index is 4.40. The predicted molar refractivity (Wildman–Crippen MR) is 33.6 cm³/mol. The van der Waals surface area contributed by atoms with Crippen LogP contribution in [0.3, 0.4) is 0 Å². The molecule has 0 atom stereocenters. The van der Waals surface area contributed by atoms with E-state index in [2.05, 4.69) is 15.9 Å². The van der Waals surface area contributed by atoms with Crippen LogP contribution in [0.4, 0.5) is 17.6 Å². The molecule has 0 aliphatic rings. The van der Waals surface area contributed by atoms with Gasteiger partial charge in [0.2, 0.25) is 0 Å². The molecule has 0 N–H and O–H groups in total. The molecule has 10 heavy (non-hydrogen) atoms. The zero-order valence-corrected chi connectivity index (χ0v) is 6.63. The second kappa shape index (κ2) is 3.37. The van der Waals surface area contributed by atoms with Crippen LogP contribution in [0.15, 0.2) is 10.6 Å². The van der Waals surface area contributed by atoms with Crippen molar-refractivity contribution in [1.29, 1.82) is 0 Å². The zero-order chi connectivity index (χ0) is 8.36. The molecule has 5 heteroatoms. The van der Waals surface area contributed by atoms with Crippen molar-refractivity contribution >= 4 is 15.9 Å². The lowest BCUT2D eigenvalue weighted by molar-refractivity contribution is 0.0260. The molecule has 0 rings (SSSR count). The zero-order valence-electron chi connectivity index (χ0n) is 5.04. The molecule has 0 nitrogen and oxygen atoms in total. The summed E-state index contributed by atoms with van der Waals surface area (Å²) in [6.07, 6.45) is -3.11. The average molecular weight is 221 g/mol. The van der Waals surface area contributed by atoms with Crippen LogP contribution in [0.2, 0.25) is 0 Å². The number of allylic oxidation sites excluding steroid dienone is 1. The van der Waals surface area contributed by atoms with Crippen molar-refractivity contribution in [3.63, 3.8) is 0 Å². The minimum absolute atomic E-state index is 0.423. The fourth-order valence-electron chi connectivity index (χ4n) is 0.335. The Kier molecular flexibility index (Phi) is 3.35. The second-order valence-corrected chi connectivity index (χ2v) is 2.21. The predicted octanol–water partition coefficient (Wildman–Crippen LogP) is 3.19. The first-order valence-corrected chi connectivity index (χ1v) is 3.28. The Bertz CT molecular complexity index is 135. The molecule has 0 heterocycles. The number of halogens is 5. The molecule has 0 aliphatic carbocycles. The SMILES string of the molecule is CC(F)(F)/C(=C\Br)C(F)F. The van der Waals surface area contributed by atoms with E-state index in [4.69, 9.17) is 0 Å². The van der Waals surface area contributed by atoms with Crippen LogP contribution in [0.5, 0.6) is 0 Å². The van der Waals surface area contributed by atoms with Gasteiger partial charge in [0.25, 0.3) is 12.3 Å². The maximum absolute atomic E-state index is 12.1. The van der Waals surface area contributed by atoms with E-state index in [0.29, 0.717) is 11.9 Å². The standard InChI is InChI=1S/C5H5BrF4/c1-5(9,10)3(2-6)4(7)8/h2,4H,1H3/b3-2-. The highest BCUT2D eigenvalue weighted by Gasteiger charge is 2.33. The summed E-state index contributed by atoms with van der Waals surface area (Å²) in [4.78, 5) is 0.553. The van der Waals surface area contributed by atoms with Crippen LogP contribution in [0.25, 0.3) is 0 Å². The van der Waals surface area contributed by atoms with Crippen LogP contribution in [-0.2, 0) is 0 Å². The Morgan fingerprint density at radius 1 is 1.50 bits per heavy atom. The smallest absolute Gasteiger partial charge is 0.205 e. The van der Waals surface area contributed by atoms with Gasteiger partial charge in [-0.05, 0) is 4.99 Å². The normalized spacial score (nSPS) is 14.5. The third-order valence-electron chi connectivity index (χ3n) is 0.860. The lowest BCUT2D eigenvalue weighted by atomic mass is 10.2. The fourth-order valence-corrected chi connectivity index (χ4v) is 0.937. The van der Waals surface area contributed by atoms with Gasteiger partial charge in [0.15, 0.2) is 0 Å². The molecule has 0 saturated carbocycles. The molecule has 0 saturated heterocycles. The largest absolute Gasteiger partial charge is 0.272 e. The van der Waals surface area contributed by atoms with E-state index in [1.807, 2.05) is 0 Å². The van der Waals surface area contributed by atoms with Crippen molar-refractivity contribution in [2.75, 3.05) is 0 Å². The van der Waals surface area contributed by atoms with Crippen LogP contribution < -0.4 is 0 Å². The topological polar surface area (TPSA) is 0 Å². The summed E-state index contributed by atoms with van der Waals surface area (Å²) in [5.41, 5.74) is -1.20. The van der Waals surface area contributed by atoms with Crippen molar-refractivity contribution in [2.45, 2.75) is 19.3 Å². The molecule has 0 aromatic heterocycles. The minimum Gasteiger partial charge on any atom is -0.205 e. The van der Waals surface area contributed by atoms with E-state index >= 15 is 0 Å². The highest BCUT2D eigenvalue weighted by molar-refractivity contribution is 9.11. The Morgan fingerprint density at radius 2 is 1.90 bits per heavy atom. The summed E-state index contributed by atoms with van der Waals surface area (Å²) >= 11 is 2.43. The fraction of sp³-hybridized carbons (Fsp3) is 0.600. The van der Waals surface area contributed by atoms with Gasteiger partial charge in [-0.1, -0.05) is 15.9 Å². The van der Waals surface area contributed by atoms with Crippen molar-refractivity contribution < 1.29 is 17.6 Å². The summed E-state index contributed by atoms with van der Waals surface area (Å²) in [6.45, 7) is 0.423. The minimum atomic E-state index is -3.45. The van der Waals surface area contributed by atoms with E-state index < -0.39 is 17.9 Å². The maximum atomic E-state index is 12.1. The average Bonchev–Trinajstić information content (AvgIpc) is 1.60. The maximum Gasteiger partial charge on any atom is 0.272 e. The molecule has 0 radical (unpaired) electrons. The van der Waals surface area contributed by atoms with E-state index in [-0.39, 0.29) is 0 Å². The van der Waals surface area contributed by atoms with Crippen molar-refractivity contribution in [3.8, 4) is 0 Å². The van der Waals surface area contributed by atoms with Gasteiger partial charge in [0, 0.05) is 6.92 Å². The van der Waals surface area contributed by atoms with Gasteiger partial charge in [0.05, 0.1) is 5.57 Å². The Labute approximate surface area is 64.0 Å². The van der Waals surface area contributed by atoms with Gasteiger partial charge in [-0.15, -0.1) is 0 Å². The number of hydrogen-bond donors (Lipinski definition) is 0. The molecular weight excluding hydrogens is 216 g/mol.